The highest BCUT2D eigenvalue weighted by Gasteiger charge is 2.37. The van der Waals surface area contributed by atoms with Crippen LogP contribution in [0.2, 0.25) is 0 Å². The second-order valence-corrected chi connectivity index (χ2v) is 7.47. The average molecular weight is 355 g/mol. The molecular formula is C18H21N5OS. The number of carbonyl (C=O) groups excluding carboxylic acids is 1. The van der Waals surface area contributed by atoms with Crippen molar-refractivity contribution in [1.82, 2.24) is 10.4 Å². The van der Waals surface area contributed by atoms with E-state index < -0.39 is 0 Å². The summed E-state index contributed by atoms with van der Waals surface area (Å²) in [6.07, 6.45) is 3.53. The van der Waals surface area contributed by atoms with Crippen LogP contribution in [0.5, 0.6) is 0 Å². The quantitative estimate of drug-likeness (QED) is 0.655. The molecule has 1 amide bonds. The van der Waals surface area contributed by atoms with Crippen LogP contribution in [0.4, 0.5) is 10.8 Å². The Hall–Kier alpha value is -2.67. The van der Waals surface area contributed by atoms with E-state index in [2.05, 4.69) is 52.5 Å². The minimum absolute atomic E-state index is 0.121. The fraction of sp³-hybridized carbons (Fsp3) is 0.278. The van der Waals surface area contributed by atoms with Crippen LogP contribution in [0.25, 0.3) is 0 Å². The summed E-state index contributed by atoms with van der Waals surface area (Å²) in [7, 11) is 2.04. The fourth-order valence-electron chi connectivity index (χ4n) is 3.18. The zero-order valence-corrected chi connectivity index (χ0v) is 15.5. The van der Waals surface area contributed by atoms with E-state index in [0.717, 1.165) is 17.0 Å². The van der Waals surface area contributed by atoms with E-state index in [1.165, 1.54) is 11.3 Å². The SMILES string of the molecule is Cc1nc(N)sc1C(=O)NN=C/C=C1/N(C)c2ccccc2C1(C)C. The van der Waals surface area contributed by atoms with Crippen LogP contribution in [0.15, 0.2) is 41.1 Å². The summed E-state index contributed by atoms with van der Waals surface area (Å²) in [6, 6.07) is 8.33. The standard InChI is InChI=1S/C18H21N5OS/c1-11-15(25-17(19)21-11)16(24)22-20-10-9-14-18(2,3)12-7-5-6-8-13(12)23(14)4/h5-10H,1-4H3,(H2,19,21)(H,22,24)/b14-9+,20-10?. The Morgan fingerprint density at radius 2 is 2.12 bits per heavy atom. The Bertz CT molecular complexity index is 881. The molecule has 0 saturated carbocycles. The summed E-state index contributed by atoms with van der Waals surface area (Å²) >= 11 is 1.15. The van der Waals surface area contributed by atoms with Gasteiger partial charge in [0.25, 0.3) is 5.91 Å². The van der Waals surface area contributed by atoms with Crippen LogP contribution in [-0.2, 0) is 5.41 Å². The van der Waals surface area contributed by atoms with E-state index in [4.69, 9.17) is 5.73 Å². The highest BCUT2D eigenvalue weighted by Crippen LogP contribution is 2.46. The van der Waals surface area contributed by atoms with Gasteiger partial charge in [0.1, 0.15) is 4.88 Å². The molecule has 0 aliphatic carbocycles. The average Bonchev–Trinajstić information content (AvgIpc) is 3.00. The molecule has 3 rings (SSSR count). The Morgan fingerprint density at radius 1 is 1.40 bits per heavy atom. The number of para-hydroxylation sites is 1. The topological polar surface area (TPSA) is 83.6 Å². The van der Waals surface area contributed by atoms with Gasteiger partial charge < -0.3 is 10.6 Å². The van der Waals surface area contributed by atoms with Gasteiger partial charge in [-0.15, -0.1) is 0 Å². The van der Waals surface area contributed by atoms with Crippen molar-refractivity contribution in [3.63, 3.8) is 0 Å². The Morgan fingerprint density at radius 3 is 2.76 bits per heavy atom. The highest BCUT2D eigenvalue weighted by molar-refractivity contribution is 7.17. The van der Waals surface area contributed by atoms with Gasteiger partial charge in [-0.2, -0.15) is 5.10 Å². The molecule has 1 aromatic heterocycles. The molecule has 2 aromatic rings. The molecule has 130 valence electrons. The maximum Gasteiger partial charge on any atom is 0.283 e. The van der Waals surface area contributed by atoms with E-state index in [-0.39, 0.29) is 11.3 Å². The van der Waals surface area contributed by atoms with Crippen LogP contribution in [-0.4, -0.2) is 24.2 Å². The van der Waals surface area contributed by atoms with Crippen LogP contribution in [0.1, 0.15) is 34.8 Å². The third kappa shape index (κ3) is 3.02. The predicted octanol–water partition coefficient (Wildman–Crippen LogP) is 3.06. The number of hydrogen-bond acceptors (Lipinski definition) is 6. The van der Waals surface area contributed by atoms with Gasteiger partial charge in [0.15, 0.2) is 5.13 Å². The molecule has 0 bridgehead atoms. The molecule has 0 fully saturated rings. The van der Waals surface area contributed by atoms with Crippen molar-refractivity contribution < 1.29 is 4.79 Å². The van der Waals surface area contributed by atoms with E-state index in [1.807, 2.05) is 19.2 Å². The van der Waals surface area contributed by atoms with Gasteiger partial charge in [-0.1, -0.05) is 43.4 Å². The molecule has 0 atom stereocenters. The third-order valence-corrected chi connectivity index (χ3v) is 5.42. The van der Waals surface area contributed by atoms with Crippen molar-refractivity contribution in [2.45, 2.75) is 26.2 Å². The first-order valence-corrected chi connectivity index (χ1v) is 8.74. The lowest BCUT2D eigenvalue weighted by atomic mass is 9.84. The lowest BCUT2D eigenvalue weighted by Gasteiger charge is -2.23. The van der Waals surface area contributed by atoms with Crippen molar-refractivity contribution >= 4 is 34.3 Å². The summed E-state index contributed by atoms with van der Waals surface area (Å²) in [4.78, 5) is 18.8. The fourth-order valence-corrected chi connectivity index (χ4v) is 3.91. The first kappa shape index (κ1) is 17.2. The number of likely N-dealkylation sites (N-methyl/N-ethyl adjacent to an activating group) is 1. The van der Waals surface area contributed by atoms with Gasteiger partial charge in [-0.25, -0.2) is 10.4 Å². The number of amides is 1. The number of fused-ring (bicyclic) bond motifs is 1. The van der Waals surface area contributed by atoms with Crippen LogP contribution < -0.4 is 16.1 Å². The number of nitrogens with zero attached hydrogens (tertiary/aromatic N) is 3. The maximum atomic E-state index is 12.1. The lowest BCUT2D eigenvalue weighted by molar-refractivity contribution is 0.0958. The molecule has 0 saturated heterocycles. The Balaban J connectivity index is 1.75. The highest BCUT2D eigenvalue weighted by atomic mass is 32.1. The molecule has 6 nitrogen and oxygen atoms in total. The van der Waals surface area contributed by atoms with Crippen LogP contribution in [0.3, 0.4) is 0 Å². The maximum absolute atomic E-state index is 12.1. The lowest BCUT2D eigenvalue weighted by Crippen LogP contribution is -2.23. The van der Waals surface area contributed by atoms with Gasteiger partial charge in [-0.3, -0.25) is 4.79 Å². The van der Waals surface area contributed by atoms with Crippen molar-refractivity contribution in [1.29, 1.82) is 0 Å². The summed E-state index contributed by atoms with van der Waals surface area (Å²) < 4.78 is 0. The summed E-state index contributed by atoms with van der Waals surface area (Å²) in [6.45, 7) is 6.11. The van der Waals surface area contributed by atoms with Gasteiger partial charge in [0.2, 0.25) is 0 Å². The minimum Gasteiger partial charge on any atom is -0.375 e. The summed E-state index contributed by atoms with van der Waals surface area (Å²) in [5.41, 5.74) is 12.2. The second-order valence-electron chi connectivity index (χ2n) is 6.44. The number of aromatic nitrogens is 1. The van der Waals surface area contributed by atoms with Crippen molar-refractivity contribution in [2.24, 2.45) is 5.10 Å². The molecule has 0 unspecified atom stereocenters. The van der Waals surface area contributed by atoms with Crippen molar-refractivity contribution in [2.75, 3.05) is 17.7 Å². The molecule has 25 heavy (non-hydrogen) atoms. The molecule has 2 heterocycles. The van der Waals surface area contributed by atoms with E-state index >= 15 is 0 Å². The zero-order chi connectivity index (χ0) is 18.2. The number of nitrogens with two attached hydrogens (primary N) is 1. The number of anilines is 2. The number of hydrazone groups is 1. The monoisotopic (exact) mass is 355 g/mol. The summed E-state index contributed by atoms with van der Waals surface area (Å²) in [5.74, 6) is -0.302. The first-order chi connectivity index (χ1) is 11.8. The summed E-state index contributed by atoms with van der Waals surface area (Å²) in [5, 5.41) is 4.41. The van der Waals surface area contributed by atoms with Crippen LogP contribution in [0, 0.1) is 6.92 Å². The molecular weight excluding hydrogens is 334 g/mol. The van der Waals surface area contributed by atoms with Crippen molar-refractivity contribution in [3.05, 3.63) is 52.2 Å². The van der Waals surface area contributed by atoms with Gasteiger partial charge in [0.05, 0.1) is 5.69 Å². The Kier molecular flexibility index (Phi) is 4.34. The number of thiazole rings is 1. The number of rotatable bonds is 3. The number of nitrogens with one attached hydrogen (secondary N) is 1. The normalized spacial score (nSPS) is 17.3. The number of nitrogen functional groups attached to an aromatic ring is 1. The van der Waals surface area contributed by atoms with Gasteiger partial charge in [-0.05, 0) is 24.6 Å². The second kappa shape index (κ2) is 6.33. The molecule has 0 radical (unpaired) electrons. The van der Waals surface area contributed by atoms with E-state index in [0.29, 0.717) is 15.7 Å². The number of allylic oxidation sites excluding steroid dienone is 2. The molecule has 7 heteroatoms. The van der Waals surface area contributed by atoms with E-state index in [9.17, 15) is 4.79 Å². The number of benzene rings is 1. The number of carbonyl (C=O) groups is 1. The Labute approximate surface area is 151 Å². The van der Waals surface area contributed by atoms with Gasteiger partial charge in [0, 0.05) is 30.1 Å². The van der Waals surface area contributed by atoms with Crippen molar-refractivity contribution in [3.8, 4) is 0 Å². The van der Waals surface area contributed by atoms with E-state index in [1.54, 1.807) is 13.1 Å². The van der Waals surface area contributed by atoms with Crippen LogP contribution >= 0.6 is 11.3 Å². The first-order valence-electron chi connectivity index (χ1n) is 7.92. The molecule has 3 N–H and O–H groups in total. The number of aryl methyl sites for hydroxylation is 1. The molecule has 1 aromatic carbocycles. The minimum atomic E-state index is -0.302. The molecule has 1 aliphatic rings. The number of hydrogen-bond donors (Lipinski definition) is 2. The van der Waals surface area contributed by atoms with Gasteiger partial charge >= 0.3 is 0 Å². The largest absolute Gasteiger partial charge is 0.375 e. The predicted molar refractivity (Wildman–Crippen MR) is 103 cm³/mol. The molecule has 0 spiro atoms. The third-order valence-electron chi connectivity index (χ3n) is 4.43. The smallest absolute Gasteiger partial charge is 0.283 e. The zero-order valence-electron chi connectivity index (χ0n) is 14.7. The molecule has 1 aliphatic heterocycles.